The Kier molecular flexibility index (Phi) is 63.4. The van der Waals surface area contributed by atoms with Gasteiger partial charge < -0.3 is 14.2 Å². The number of unbranched alkanes of at least 4 members (excludes halogenated alkanes) is 22. The topological polar surface area (TPSA) is 78.9 Å². The first kappa shape index (κ1) is 76.0. The largest absolute Gasteiger partial charge is 0.462 e. The van der Waals surface area contributed by atoms with Crippen LogP contribution >= 0.6 is 0 Å². The molecule has 0 spiro atoms. The Morgan fingerprint density at radius 2 is 0.531 bits per heavy atom. The third-order valence-corrected chi connectivity index (χ3v) is 13.5. The van der Waals surface area contributed by atoms with Gasteiger partial charge in [0.2, 0.25) is 0 Å². The van der Waals surface area contributed by atoms with Crippen molar-refractivity contribution in [3.63, 3.8) is 0 Å². The number of rotatable bonds is 58. The Labute approximate surface area is 499 Å². The van der Waals surface area contributed by atoms with E-state index < -0.39 is 12.1 Å². The minimum Gasteiger partial charge on any atom is -0.462 e. The van der Waals surface area contributed by atoms with Gasteiger partial charge in [-0.15, -0.1) is 0 Å². The van der Waals surface area contributed by atoms with E-state index in [9.17, 15) is 14.4 Å². The molecule has 0 aromatic heterocycles. The average molecular weight is 1120 g/mol. The molecule has 6 nitrogen and oxygen atoms in total. The van der Waals surface area contributed by atoms with Crippen molar-refractivity contribution in [1.82, 2.24) is 0 Å². The fraction of sp³-hybridized carbons (Fsp3) is 0.613. The first-order valence-electron chi connectivity index (χ1n) is 33.0. The van der Waals surface area contributed by atoms with E-state index in [-0.39, 0.29) is 38.0 Å². The maximum Gasteiger partial charge on any atom is 0.309 e. The van der Waals surface area contributed by atoms with E-state index in [1.807, 2.05) is 6.08 Å². The molecule has 1 unspecified atom stereocenters. The van der Waals surface area contributed by atoms with Gasteiger partial charge in [-0.05, 0) is 128 Å². The van der Waals surface area contributed by atoms with Crippen molar-refractivity contribution in [1.29, 1.82) is 0 Å². The highest BCUT2D eigenvalue weighted by Gasteiger charge is 2.19. The van der Waals surface area contributed by atoms with Crippen molar-refractivity contribution >= 4 is 17.9 Å². The molecule has 1 atom stereocenters. The van der Waals surface area contributed by atoms with Crippen molar-refractivity contribution in [3.05, 3.63) is 158 Å². The Morgan fingerprint density at radius 1 is 0.272 bits per heavy atom. The molecule has 0 aliphatic rings. The van der Waals surface area contributed by atoms with E-state index in [1.165, 1.54) is 116 Å². The molecule has 0 saturated heterocycles. The van der Waals surface area contributed by atoms with Gasteiger partial charge in [0.15, 0.2) is 6.10 Å². The van der Waals surface area contributed by atoms with Crippen LogP contribution in [0.4, 0.5) is 0 Å². The molecule has 0 aromatic rings. The van der Waals surface area contributed by atoms with Gasteiger partial charge in [0.1, 0.15) is 13.2 Å². The van der Waals surface area contributed by atoms with Crippen molar-refractivity contribution in [2.45, 2.75) is 284 Å². The molecule has 0 radical (unpaired) electrons. The molecule has 6 heteroatoms. The van der Waals surface area contributed by atoms with Gasteiger partial charge in [-0.3, -0.25) is 14.4 Å². The van der Waals surface area contributed by atoms with Gasteiger partial charge in [-0.25, -0.2) is 0 Å². The summed E-state index contributed by atoms with van der Waals surface area (Å²) >= 11 is 0. The van der Waals surface area contributed by atoms with E-state index >= 15 is 0 Å². The Hall–Kier alpha value is -4.97. The van der Waals surface area contributed by atoms with Gasteiger partial charge >= 0.3 is 17.9 Å². The number of esters is 3. The van der Waals surface area contributed by atoms with E-state index in [1.54, 1.807) is 6.08 Å². The number of allylic oxidation sites excluding steroid dienone is 25. The summed E-state index contributed by atoms with van der Waals surface area (Å²) in [5.74, 6) is -1.10. The fourth-order valence-corrected chi connectivity index (χ4v) is 8.67. The van der Waals surface area contributed by atoms with Crippen LogP contribution in [0.2, 0.25) is 0 Å². The second kappa shape index (κ2) is 67.5. The highest BCUT2D eigenvalue weighted by atomic mass is 16.6. The predicted octanol–water partition coefficient (Wildman–Crippen LogP) is 22.9. The monoisotopic (exact) mass is 1120 g/mol. The van der Waals surface area contributed by atoms with Crippen LogP contribution in [-0.2, 0) is 28.6 Å². The van der Waals surface area contributed by atoms with Gasteiger partial charge in [0, 0.05) is 12.8 Å². The van der Waals surface area contributed by atoms with Crippen LogP contribution in [0, 0.1) is 0 Å². The van der Waals surface area contributed by atoms with Crippen molar-refractivity contribution in [2.24, 2.45) is 0 Å². The van der Waals surface area contributed by atoms with Crippen LogP contribution in [0.3, 0.4) is 0 Å². The molecule has 0 aliphatic carbocycles. The zero-order chi connectivity index (χ0) is 58.5. The van der Waals surface area contributed by atoms with E-state index in [0.29, 0.717) is 12.8 Å². The Bertz CT molecular complexity index is 1810. The average Bonchev–Trinajstić information content (AvgIpc) is 3.47. The number of hydrogen-bond acceptors (Lipinski definition) is 6. The summed E-state index contributed by atoms with van der Waals surface area (Å²) in [6.07, 6.45) is 98.6. The molecule has 0 rings (SSSR count). The molecule has 0 fully saturated rings. The number of carbonyl (C=O) groups is 3. The lowest BCUT2D eigenvalue weighted by Gasteiger charge is -2.18. The standard InChI is InChI=1S/C75H120O6/c1-4-7-10-13-16-19-22-25-28-30-32-33-34-35-36-37-38-39-40-41-43-44-47-50-53-56-59-62-65-68-74(77)80-71-72(70-79-73(76)67-64-61-58-55-52-49-46-27-24-21-18-15-12-9-6-3)81-75(78)69-66-63-60-57-54-51-48-45-42-31-29-26-23-20-17-14-11-8-5-2/h8-9,11-12,17-18,20-22,25-27,29-30,32,34-35,42,45-46,51-52,54-55,61,64,72H,4-7,10,13-16,19,23-24,28,31,33,36-41,43-44,47-50,53,56-60,62-63,65-71H2,1-3H3/b11-8-,12-9-,20-17-,21-18-,25-22-,29-26-,32-30-,35-34-,45-42-,46-27-,54-51-,55-52-,64-61-. The summed E-state index contributed by atoms with van der Waals surface area (Å²) in [7, 11) is 0. The molecule has 456 valence electrons. The quantitative estimate of drug-likeness (QED) is 0.0261. The second-order valence-corrected chi connectivity index (χ2v) is 21.3. The van der Waals surface area contributed by atoms with Crippen LogP contribution < -0.4 is 0 Å². The minimum atomic E-state index is -0.844. The fourth-order valence-electron chi connectivity index (χ4n) is 8.67. The summed E-state index contributed by atoms with van der Waals surface area (Å²) in [5.41, 5.74) is 0. The van der Waals surface area contributed by atoms with Crippen LogP contribution in [0.15, 0.2) is 158 Å². The SMILES string of the molecule is CC/C=C\C/C=C\C/C=C\C/C=C\C/C=C\CCCCCC(=O)OC(COC(=O)C/C=C\C/C=C\C/C=C\C/C=C\C/C=C\CC)COC(=O)CCCCCCCCCCCCCCCC/C=C\C/C=C\C/C=C\CCCCCCC. The summed E-state index contributed by atoms with van der Waals surface area (Å²) in [6, 6.07) is 0. The third kappa shape index (κ3) is 65.7. The van der Waals surface area contributed by atoms with Crippen molar-refractivity contribution in [2.75, 3.05) is 13.2 Å². The molecule has 0 aromatic carbocycles. The number of hydrogen-bond donors (Lipinski definition) is 0. The maximum absolute atomic E-state index is 12.9. The first-order valence-corrected chi connectivity index (χ1v) is 33.0. The molecule has 0 aliphatic heterocycles. The summed E-state index contributed by atoms with van der Waals surface area (Å²) in [4.78, 5) is 38.3. The van der Waals surface area contributed by atoms with E-state index in [2.05, 4.69) is 167 Å². The van der Waals surface area contributed by atoms with E-state index in [0.717, 1.165) is 116 Å². The molecular formula is C75H120O6. The highest BCUT2D eigenvalue weighted by Crippen LogP contribution is 2.15. The highest BCUT2D eigenvalue weighted by molar-refractivity contribution is 5.72. The molecule has 81 heavy (non-hydrogen) atoms. The summed E-state index contributed by atoms with van der Waals surface area (Å²) < 4.78 is 16.8. The molecule has 0 bridgehead atoms. The Morgan fingerprint density at radius 3 is 0.877 bits per heavy atom. The first-order chi connectivity index (χ1) is 40.0. The van der Waals surface area contributed by atoms with Crippen molar-refractivity contribution < 1.29 is 28.6 Å². The van der Waals surface area contributed by atoms with Crippen LogP contribution in [0.5, 0.6) is 0 Å². The molecule has 0 N–H and O–H groups in total. The summed E-state index contributed by atoms with van der Waals surface area (Å²) in [6.45, 7) is 6.29. The zero-order valence-electron chi connectivity index (χ0n) is 52.2. The normalized spacial score (nSPS) is 13.2. The molecular weight excluding hydrogens is 997 g/mol. The van der Waals surface area contributed by atoms with Gasteiger partial charge in [0.05, 0.1) is 6.42 Å². The van der Waals surface area contributed by atoms with Gasteiger partial charge in [-0.1, -0.05) is 288 Å². The van der Waals surface area contributed by atoms with Crippen molar-refractivity contribution in [3.8, 4) is 0 Å². The molecule has 0 heterocycles. The predicted molar refractivity (Wildman–Crippen MR) is 352 cm³/mol. The summed E-state index contributed by atoms with van der Waals surface area (Å²) in [5, 5.41) is 0. The van der Waals surface area contributed by atoms with E-state index in [4.69, 9.17) is 14.2 Å². The smallest absolute Gasteiger partial charge is 0.309 e. The lowest BCUT2D eigenvalue weighted by atomic mass is 10.0. The zero-order valence-corrected chi connectivity index (χ0v) is 52.2. The Balaban J connectivity index is 4.42. The molecule has 0 amide bonds. The lowest BCUT2D eigenvalue weighted by Crippen LogP contribution is -2.30. The number of ether oxygens (including phenoxy) is 3. The number of carbonyl (C=O) groups excluding carboxylic acids is 3. The van der Waals surface area contributed by atoms with Crippen LogP contribution in [0.25, 0.3) is 0 Å². The minimum absolute atomic E-state index is 0.113. The van der Waals surface area contributed by atoms with Gasteiger partial charge in [0.25, 0.3) is 0 Å². The lowest BCUT2D eigenvalue weighted by molar-refractivity contribution is -0.166. The van der Waals surface area contributed by atoms with Gasteiger partial charge in [-0.2, -0.15) is 0 Å². The molecule has 0 saturated carbocycles. The maximum atomic E-state index is 12.9. The van der Waals surface area contributed by atoms with Crippen LogP contribution in [0.1, 0.15) is 278 Å². The van der Waals surface area contributed by atoms with Crippen LogP contribution in [-0.4, -0.2) is 37.2 Å². The third-order valence-electron chi connectivity index (χ3n) is 13.5. The second-order valence-electron chi connectivity index (χ2n) is 21.3.